The monoisotopic (exact) mass is 420 g/mol. The summed E-state index contributed by atoms with van der Waals surface area (Å²) in [5.74, 6) is 0.743. The minimum Gasteiger partial charge on any atom is -0.508 e. The molecule has 0 aromatic heterocycles. The fraction of sp³-hybridized carbons (Fsp3) is 0.409. The molecule has 0 spiro atoms. The third-order valence-corrected chi connectivity index (χ3v) is 5.46. The van der Waals surface area contributed by atoms with Crippen molar-refractivity contribution in [3.8, 4) is 11.5 Å². The maximum absolute atomic E-state index is 11.8. The molecule has 0 radical (unpaired) electrons. The number of ether oxygens (including phenoxy) is 1. The summed E-state index contributed by atoms with van der Waals surface area (Å²) in [6.45, 7) is 2.88. The number of unbranched alkanes of at least 4 members (excludes halogenated alkanes) is 5. The van der Waals surface area contributed by atoms with Crippen molar-refractivity contribution in [2.45, 2.75) is 51.9 Å². The van der Waals surface area contributed by atoms with Crippen LogP contribution in [-0.4, -0.2) is 27.0 Å². The summed E-state index contributed by atoms with van der Waals surface area (Å²) in [5, 5.41) is 10.0. The molecule has 0 fully saturated rings. The molecule has 2 rings (SSSR count). The van der Waals surface area contributed by atoms with Gasteiger partial charge in [-0.25, -0.2) is 0 Å². The van der Waals surface area contributed by atoms with Gasteiger partial charge in [0.25, 0.3) is 5.52 Å². The summed E-state index contributed by atoms with van der Waals surface area (Å²) in [6.07, 6.45) is 7.56. The van der Waals surface area contributed by atoms with Gasteiger partial charge < -0.3 is 19.6 Å². The van der Waals surface area contributed by atoms with E-state index in [-0.39, 0.29) is 11.3 Å². The van der Waals surface area contributed by atoms with Crippen molar-refractivity contribution in [1.82, 2.24) is 0 Å². The fourth-order valence-electron chi connectivity index (χ4n) is 3.02. The van der Waals surface area contributed by atoms with E-state index in [9.17, 15) is 14.5 Å². The zero-order valence-corrected chi connectivity index (χ0v) is 17.6. The second-order valence-electron chi connectivity index (χ2n) is 7.13. The summed E-state index contributed by atoms with van der Waals surface area (Å²) in [5.41, 5.74) is -0.0692. The number of phenols is 1. The summed E-state index contributed by atoms with van der Waals surface area (Å²) >= 11 is 0. The van der Waals surface area contributed by atoms with Gasteiger partial charge in [0.2, 0.25) is 0 Å². The largest absolute Gasteiger partial charge is 0.508 e. The van der Waals surface area contributed by atoms with Gasteiger partial charge >= 0.3 is 7.60 Å². The van der Waals surface area contributed by atoms with Gasteiger partial charge in [0, 0.05) is 12.0 Å². The molecule has 2 aromatic rings. The fourth-order valence-corrected chi connectivity index (χ4v) is 3.50. The third kappa shape index (κ3) is 7.65. The number of rotatable bonds is 12. The predicted octanol–water partition coefficient (Wildman–Crippen LogP) is 5.04. The van der Waals surface area contributed by atoms with Gasteiger partial charge in [-0.2, -0.15) is 0 Å². The standard InChI is InChI=1S/C22H29O6P/c1-2-3-4-5-6-7-14-28-20-11-8-17(9-12-20)15-19-16-18(10-13-21(19)23)22(24)29(25,26)27/h8-13,16,23H,2-7,14-15H2,1H3,(H2,25,26,27). The van der Waals surface area contributed by atoms with Crippen molar-refractivity contribution < 1.29 is 29.0 Å². The summed E-state index contributed by atoms with van der Waals surface area (Å²) in [7, 11) is -4.86. The Morgan fingerprint density at radius 3 is 2.28 bits per heavy atom. The Balaban J connectivity index is 1.91. The van der Waals surface area contributed by atoms with Crippen LogP contribution in [0.1, 0.15) is 66.9 Å². The van der Waals surface area contributed by atoms with E-state index >= 15 is 0 Å². The molecule has 29 heavy (non-hydrogen) atoms. The van der Waals surface area contributed by atoms with E-state index in [0.717, 1.165) is 17.7 Å². The zero-order valence-electron chi connectivity index (χ0n) is 16.7. The van der Waals surface area contributed by atoms with Crippen LogP contribution in [0.5, 0.6) is 11.5 Å². The highest BCUT2D eigenvalue weighted by Crippen LogP contribution is 2.39. The van der Waals surface area contributed by atoms with E-state index in [1.165, 1.54) is 50.3 Å². The first-order valence-electron chi connectivity index (χ1n) is 9.95. The SMILES string of the molecule is CCCCCCCCOc1ccc(Cc2cc(C(=O)P(=O)(O)O)ccc2O)cc1. The first-order valence-corrected chi connectivity index (χ1v) is 11.6. The molecule has 0 saturated carbocycles. The zero-order chi connectivity index (χ0) is 21.3. The van der Waals surface area contributed by atoms with E-state index in [2.05, 4.69) is 6.92 Å². The van der Waals surface area contributed by atoms with Gasteiger partial charge in [0.05, 0.1) is 6.61 Å². The number of phenolic OH excluding ortho intramolecular Hbond substituents is 1. The molecule has 2 aromatic carbocycles. The first-order chi connectivity index (χ1) is 13.8. The third-order valence-electron chi connectivity index (χ3n) is 4.68. The molecular formula is C22H29O6P. The Kier molecular flexibility index (Phi) is 8.90. The topological polar surface area (TPSA) is 104 Å². The Morgan fingerprint density at radius 1 is 0.966 bits per heavy atom. The van der Waals surface area contributed by atoms with E-state index < -0.39 is 13.1 Å². The highest BCUT2D eigenvalue weighted by atomic mass is 31.2. The lowest BCUT2D eigenvalue weighted by Gasteiger charge is -2.10. The van der Waals surface area contributed by atoms with Gasteiger partial charge in [-0.1, -0.05) is 51.2 Å². The lowest BCUT2D eigenvalue weighted by Crippen LogP contribution is -2.01. The van der Waals surface area contributed by atoms with Crippen LogP contribution in [0.15, 0.2) is 42.5 Å². The molecule has 3 N–H and O–H groups in total. The highest BCUT2D eigenvalue weighted by Gasteiger charge is 2.27. The number of hydrogen-bond donors (Lipinski definition) is 3. The van der Waals surface area contributed by atoms with Crippen LogP contribution < -0.4 is 4.74 Å². The van der Waals surface area contributed by atoms with Crippen molar-refractivity contribution in [3.05, 3.63) is 59.2 Å². The van der Waals surface area contributed by atoms with Crippen LogP contribution in [0.3, 0.4) is 0 Å². The molecule has 7 heteroatoms. The lowest BCUT2D eigenvalue weighted by atomic mass is 10.0. The second-order valence-corrected chi connectivity index (χ2v) is 8.62. The van der Waals surface area contributed by atoms with Gasteiger partial charge in [-0.3, -0.25) is 9.36 Å². The number of carbonyl (C=O) groups is 1. The van der Waals surface area contributed by atoms with Crippen molar-refractivity contribution in [1.29, 1.82) is 0 Å². The van der Waals surface area contributed by atoms with Gasteiger partial charge in [0.1, 0.15) is 11.5 Å². The average molecular weight is 420 g/mol. The van der Waals surface area contributed by atoms with Gasteiger partial charge in [-0.05, 0) is 47.9 Å². The minimum absolute atomic E-state index is 0.0318. The Morgan fingerprint density at radius 2 is 1.62 bits per heavy atom. The Labute approximate surface area is 171 Å². The molecule has 0 atom stereocenters. The summed E-state index contributed by atoms with van der Waals surface area (Å²) in [6, 6.07) is 11.2. The number of carbonyl (C=O) groups excluding carboxylic acids is 1. The van der Waals surface area contributed by atoms with Gasteiger partial charge in [0.15, 0.2) is 0 Å². The van der Waals surface area contributed by atoms with E-state index in [1.54, 1.807) is 0 Å². The molecule has 158 valence electrons. The molecule has 0 aliphatic carbocycles. The van der Waals surface area contributed by atoms with Crippen LogP contribution in [0.2, 0.25) is 0 Å². The lowest BCUT2D eigenvalue weighted by molar-refractivity contribution is 0.104. The maximum atomic E-state index is 11.8. The molecule has 0 aliphatic rings. The van der Waals surface area contributed by atoms with Crippen molar-refractivity contribution in [2.75, 3.05) is 6.61 Å². The molecule has 0 amide bonds. The number of aromatic hydroxyl groups is 1. The molecule has 0 aliphatic heterocycles. The van der Waals surface area contributed by atoms with Crippen molar-refractivity contribution in [3.63, 3.8) is 0 Å². The van der Waals surface area contributed by atoms with Gasteiger partial charge in [-0.15, -0.1) is 0 Å². The first kappa shape index (κ1) is 23.1. The van der Waals surface area contributed by atoms with Crippen molar-refractivity contribution >= 4 is 13.1 Å². The van der Waals surface area contributed by atoms with E-state index in [1.807, 2.05) is 24.3 Å². The second kappa shape index (κ2) is 11.1. The highest BCUT2D eigenvalue weighted by molar-refractivity contribution is 7.70. The normalized spacial score (nSPS) is 11.4. The summed E-state index contributed by atoms with van der Waals surface area (Å²) < 4.78 is 16.9. The Hall–Kier alpha value is -2.14. The van der Waals surface area contributed by atoms with E-state index in [4.69, 9.17) is 14.5 Å². The molecule has 6 nitrogen and oxygen atoms in total. The van der Waals surface area contributed by atoms with Crippen LogP contribution in [0.4, 0.5) is 0 Å². The molecular weight excluding hydrogens is 391 g/mol. The van der Waals surface area contributed by atoms with Crippen LogP contribution in [0.25, 0.3) is 0 Å². The van der Waals surface area contributed by atoms with E-state index in [0.29, 0.717) is 18.6 Å². The van der Waals surface area contributed by atoms with Crippen LogP contribution in [0, 0.1) is 0 Å². The molecule has 0 saturated heterocycles. The molecule has 0 unspecified atom stereocenters. The number of hydrogen-bond acceptors (Lipinski definition) is 4. The average Bonchev–Trinajstić information content (AvgIpc) is 2.69. The summed E-state index contributed by atoms with van der Waals surface area (Å²) in [4.78, 5) is 29.9. The van der Waals surface area contributed by atoms with Crippen LogP contribution in [-0.2, 0) is 11.0 Å². The molecule has 0 bridgehead atoms. The minimum atomic E-state index is -4.86. The predicted molar refractivity (Wildman–Crippen MR) is 113 cm³/mol. The van der Waals surface area contributed by atoms with Crippen LogP contribution >= 0.6 is 7.60 Å². The quantitative estimate of drug-likeness (QED) is 0.328. The molecule has 0 heterocycles. The number of benzene rings is 2. The maximum Gasteiger partial charge on any atom is 0.396 e. The Bertz CT molecular complexity index is 841. The smallest absolute Gasteiger partial charge is 0.396 e. The van der Waals surface area contributed by atoms with Crippen molar-refractivity contribution in [2.24, 2.45) is 0 Å².